The fourth-order valence-electron chi connectivity index (χ4n) is 5.01. The van der Waals surface area contributed by atoms with Crippen molar-refractivity contribution in [3.05, 3.63) is 59.7 Å². The van der Waals surface area contributed by atoms with Crippen LogP contribution < -0.4 is 5.32 Å². The highest BCUT2D eigenvalue weighted by Crippen LogP contribution is 2.44. The summed E-state index contributed by atoms with van der Waals surface area (Å²) in [6.45, 7) is 6.59. The van der Waals surface area contributed by atoms with Crippen molar-refractivity contribution in [1.82, 2.24) is 10.2 Å². The van der Waals surface area contributed by atoms with Crippen molar-refractivity contribution >= 4 is 18.2 Å². The summed E-state index contributed by atoms with van der Waals surface area (Å²) in [4.78, 5) is 38.4. The lowest BCUT2D eigenvalue weighted by Gasteiger charge is -2.34. The minimum absolute atomic E-state index is 0.0682. The Hall–Kier alpha value is -3.55. The number of hydrogen-bond donors (Lipinski definition) is 2. The molecule has 8 heteroatoms. The van der Waals surface area contributed by atoms with Gasteiger partial charge in [-0.2, -0.15) is 0 Å². The zero-order valence-electron chi connectivity index (χ0n) is 21.0. The monoisotopic (exact) mass is 494 g/mol. The van der Waals surface area contributed by atoms with Crippen LogP contribution in [0.3, 0.4) is 0 Å². The van der Waals surface area contributed by atoms with E-state index in [-0.39, 0.29) is 31.0 Å². The van der Waals surface area contributed by atoms with Gasteiger partial charge in [0.2, 0.25) is 0 Å². The van der Waals surface area contributed by atoms with Gasteiger partial charge in [0.15, 0.2) is 0 Å². The van der Waals surface area contributed by atoms with E-state index in [1.165, 1.54) is 0 Å². The lowest BCUT2D eigenvalue weighted by molar-refractivity contribution is -0.140. The number of amides is 2. The Bertz CT molecular complexity index is 1070. The van der Waals surface area contributed by atoms with Gasteiger partial charge in [0.25, 0.3) is 0 Å². The molecule has 1 aliphatic carbocycles. The number of fused-ring (bicyclic) bond motifs is 3. The molecule has 0 aromatic heterocycles. The number of ether oxygens (including phenoxy) is 2. The van der Waals surface area contributed by atoms with E-state index in [1.54, 1.807) is 4.90 Å². The Balaban J connectivity index is 1.30. The maximum absolute atomic E-state index is 12.6. The minimum Gasteiger partial charge on any atom is -0.480 e. The van der Waals surface area contributed by atoms with E-state index in [0.717, 1.165) is 22.3 Å². The van der Waals surface area contributed by atoms with Gasteiger partial charge < -0.3 is 24.8 Å². The van der Waals surface area contributed by atoms with Gasteiger partial charge >= 0.3 is 18.2 Å². The van der Waals surface area contributed by atoms with Crippen molar-refractivity contribution in [2.24, 2.45) is 5.92 Å². The van der Waals surface area contributed by atoms with E-state index >= 15 is 0 Å². The average molecular weight is 495 g/mol. The summed E-state index contributed by atoms with van der Waals surface area (Å²) >= 11 is 0. The van der Waals surface area contributed by atoms with Crippen LogP contribution in [0.2, 0.25) is 0 Å². The number of aliphatic carboxylic acids is 1. The molecule has 4 rings (SSSR count). The summed E-state index contributed by atoms with van der Waals surface area (Å²) < 4.78 is 10.9. The third-order valence-electron chi connectivity index (χ3n) is 6.77. The van der Waals surface area contributed by atoms with Crippen molar-refractivity contribution in [2.75, 3.05) is 19.7 Å². The van der Waals surface area contributed by atoms with Gasteiger partial charge in [0.1, 0.15) is 18.2 Å². The van der Waals surface area contributed by atoms with Crippen LogP contribution in [0.15, 0.2) is 48.5 Å². The van der Waals surface area contributed by atoms with E-state index < -0.39 is 23.7 Å². The summed E-state index contributed by atoms with van der Waals surface area (Å²) in [6.07, 6.45) is 0.481. The second kappa shape index (κ2) is 10.6. The minimum atomic E-state index is -1.10. The molecule has 1 fully saturated rings. The molecule has 1 heterocycles. The quantitative estimate of drug-likeness (QED) is 0.585. The molecule has 2 aromatic rings. The first-order chi connectivity index (χ1) is 17.1. The molecule has 36 heavy (non-hydrogen) atoms. The Morgan fingerprint density at radius 3 is 2.08 bits per heavy atom. The Labute approximate surface area is 211 Å². The van der Waals surface area contributed by atoms with Gasteiger partial charge in [-0.15, -0.1) is 0 Å². The van der Waals surface area contributed by atoms with Crippen molar-refractivity contribution in [3.63, 3.8) is 0 Å². The Morgan fingerprint density at radius 2 is 1.56 bits per heavy atom. The number of piperidine rings is 1. The maximum Gasteiger partial charge on any atom is 0.410 e. The molecule has 2 aromatic carbocycles. The predicted molar refractivity (Wildman–Crippen MR) is 135 cm³/mol. The zero-order chi connectivity index (χ0) is 25.9. The van der Waals surface area contributed by atoms with Gasteiger partial charge in [0.05, 0.1) is 0 Å². The van der Waals surface area contributed by atoms with Crippen molar-refractivity contribution in [1.29, 1.82) is 0 Å². The molecule has 2 N–H and O–H groups in total. The molecule has 1 aliphatic heterocycles. The number of alkyl carbamates (subject to hydrolysis) is 1. The SMILES string of the molecule is CC(C)(C)OC(=O)N1CCC(C[C@H](NC(=O)OCC2c3ccccc3-c3ccccc32)C(=O)O)CC1. The van der Waals surface area contributed by atoms with E-state index in [1.807, 2.05) is 57.2 Å². The molecule has 0 saturated carbocycles. The molecule has 8 nitrogen and oxygen atoms in total. The number of carboxylic acids is 1. The van der Waals surface area contributed by atoms with Gasteiger partial charge in [-0.05, 0) is 68.2 Å². The van der Waals surface area contributed by atoms with E-state index in [9.17, 15) is 19.5 Å². The maximum atomic E-state index is 12.6. The zero-order valence-corrected chi connectivity index (χ0v) is 21.0. The number of carboxylic acid groups (broad SMARTS) is 1. The van der Waals surface area contributed by atoms with Crippen LogP contribution in [0.4, 0.5) is 9.59 Å². The molecule has 192 valence electrons. The van der Waals surface area contributed by atoms with E-state index in [0.29, 0.717) is 25.9 Å². The van der Waals surface area contributed by atoms with Crippen LogP contribution in [-0.4, -0.2) is 59.5 Å². The van der Waals surface area contributed by atoms with Gasteiger partial charge in [0, 0.05) is 19.0 Å². The lowest BCUT2D eigenvalue weighted by atomic mass is 9.90. The molecule has 2 aliphatic rings. The number of carbonyl (C=O) groups excluding carboxylic acids is 2. The van der Waals surface area contributed by atoms with Gasteiger partial charge in [-0.1, -0.05) is 48.5 Å². The second-order valence-corrected chi connectivity index (χ2v) is 10.5. The summed E-state index contributed by atoms with van der Waals surface area (Å²) in [5, 5.41) is 12.2. The molecule has 1 saturated heterocycles. The van der Waals surface area contributed by atoms with Crippen molar-refractivity contribution in [2.45, 2.75) is 57.6 Å². The van der Waals surface area contributed by atoms with Gasteiger partial charge in [-0.3, -0.25) is 0 Å². The van der Waals surface area contributed by atoms with Crippen LogP contribution in [0.25, 0.3) is 11.1 Å². The van der Waals surface area contributed by atoms with E-state index in [2.05, 4.69) is 17.4 Å². The number of nitrogens with zero attached hydrogens (tertiary/aromatic N) is 1. The highest BCUT2D eigenvalue weighted by Gasteiger charge is 2.32. The number of rotatable bonds is 6. The predicted octanol–water partition coefficient (Wildman–Crippen LogP) is 5.02. The van der Waals surface area contributed by atoms with Crippen LogP contribution in [0.1, 0.15) is 57.1 Å². The smallest absolute Gasteiger partial charge is 0.410 e. The molecule has 2 amide bonds. The van der Waals surface area contributed by atoms with Crippen LogP contribution in [0, 0.1) is 5.92 Å². The molecule has 0 bridgehead atoms. The van der Waals surface area contributed by atoms with Gasteiger partial charge in [-0.25, -0.2) is 14.4 Å². The molecule has 0 spiro atoms. The number of hydrogen-bond acceptors (Lipinski definition) is 5. The number of nitrogens with one attached hydrogen (secondary N) is 1. The van der Waals surface area contributed by atoms with Crippen LogP contribution in [0.5, 0.6) is 0 Å². The molecule has 1 atom stereocenters. The number of carbonyl (C=O) groups is 3. The fourth-order valence-corrected chi connectivity index (χ4v) is 5.01. The molecule has 0 radical (unpaired) electrons. The summed E-state index contributed by atoms with van der Waals surface area (Å²) in [6, 6.07) is 15.0. The largest absolute Gasteiger partial charge is 0.480 e. The normalized spacial score (nSPS) is 16.6. The van der Waals surface area contributed by atoms with Crippen molar-refractivity contribution in [3.8, 4) is 11.1 Å². The lowest BCUT2D eigenvalue weighted by Crippen LogP contribution is -2.45. The van der Waals surface area contributed by atoms with Crippen LogP contribution >= 0.6 is 0 Å². The fraction of sp³-hybridized carbons (Fsp3) is 0.464. The third-order valence-corrected chi connectivity index (χ3v) is 6.77. The molecular formula is C28H34N2O6. The highest BCUT2D eigenvalue weighted by atomic mass is 16.6. The Kier molecular flexibility index (Phi) is 7.52. The van der Waals surface area contributed by atoms with E-state index in [4.69, 9.17) is 9.47 Å². The average Bonchev–Trinajstić information content (AvgIpc) is 3.15. The molecule has 0 unspecified atom stereocenters. The number of benzene rings is 2. The first kappa shape index (κ1) is 25.5. The topological polar surface area (TPSA) is 105 Å². The second-order valence-electron chi connectivity index (χ2n) is 10.5. The summed E-state index contributed by atoms with van der Waals surface area (Å²) in [7, 11) is 0. The first-order valence-electron chi connectivity index (χ1n) is 12.4. The Morgan fingerprint density at radius 1 is 1.00 bits per heavy atom. The molecular weight excluding hydrogens is 460 g/mol. The third kappa shape index (κ3) is 5.98. The van der Waals surface area contributed by atoms with Crippen LogP contribution in [-0.2, 0) is 14.3 Å². The number of likely N-dealkylation sites (tertiary alicyclic amines) is 1. The first-order valence-corrected chi connectivity index (χ1v) is 12.4. The summed E-state index contributed by atoms with van der Waals surface area (Å²) in [5.74, 6) is -1.12. The highest BCUT2D eigenvalue weighted by molar-refractivity contribution is 5.81. The van der Waals surface area contributed by atoms with Crippen molar-refractivity contribution < 1.29 is 29.0 Å². The standard InChI is InChI=1S/C28H34N2O6/c1-28(2,3)36-27(34)30-14-12-18(13-15-30)16-24(25(31)32)29-26(33)35-17-23-21-10-6-4-8-19(21)20-9-5-7-11-22(20)23/h4-11,18,23-24H,12-17H2,1-3H3,(H,29,33)(H,31,32)/t24-/m0/s1. The summed E-state index contributed by atoms with van der Waals surface area (Å²) in [5.41, 5.74) is 3.89.